The van der Waals surface area contributed by atoms with E-state index in [2.05, 4.69) is 5.32 Å². The van der Waals surface area contributed by atoms with Crippen LogP contribution in [0.1, 0.15) is 26.0 Å². The highest BCUT2D eigenvalue weighted by atomic mass is 32.2. The summed E-state index contributed by atoms with van der Waals surface area (Å²) in [6.45, 7) is 8.84. The molecule has 0 radical (unpaired) electrons. The second kappa shape index (κ2) is 10.6. The van der Waals surface area contributed by atoms with Crippen molar-refractivity contribution in [1.29, 1.82) is 0 Å². The maximum Gasteiger partial charge on any atom is 0.307 e. The molecule has 1 fully saturated rings. The van der Waals surface area contributed by atoms with Gasteiger partial charge in [-0.15, -0.1) is 0 Å². The van der Waals surface area contributed by atoms with Gasteiger partial charge in [0.25, 0.3) is 0 Å². The summed E-state index contributed by atoms with van der Waals surface area (Å²) >= 11 is 1.11. The predicted octanol–water partition coefficient (Wildman–Crippen LogP) is 2.11. The average molecular weight is 483 g/mol. The SMILES string of the molecule is CCN(CC)c1ccc(S(=O)(=O)N2CCOCC2)cc1NC(=O)CCn1c(C)csc1=O. The smallest absolute Gasteiger partial charge is 0.307 e. The number of thiazole rings is 1. The molecule has 1 N–H and O–H groups in total. The topological polar surface area (TPSA) is 101 Å². The van der Waals surface area contributed by atoms with Crippen LogP contribution in [0.15, 0.2) is 33.3 Å². The lowest BCUT2D eigenvalue weighted by Crippen LogP contribution is -2.40. The van der Waals surface area contributed by atoms with E-state index < -0.39 is 10.0 Å². The lowest BCUT2D eigenvalue weighted by Gasteiger charge is -2.28. The van der Waals surface area contributed by atoms with Crippen molar-refractivity contribution in [3.8, 4) is 0 Å². The van der Waals surface area contributed by atoms with Crippen molar-refractivity contribution < 1.29 is 17.9 Å². The Morgan fingerprint density at radius 1 is 1.22 bits per heavy atom. The largest absolute Gasteiger partial charge is 0.379 e. The quantitative estimate of drug-likeness (QED) is 0.588. The Hall–Kier alpha value is -2.21. The molecule has 3 rings (SSSR count). The maximum absolute atomic E-state index is 13.1. The standard InChI is InChI=1S/C21H30N4O5S2/c1-4-23(5-2)19-7-6-17(32(28,29)24-10-12-30-13-11-24)14-18(19)22-20(26)8-9-25-16(3)15-31-21(25)27/h6-7,14-15H,4-5,8-13H2,1-3H3,(H,22,26). The van der Waals surface area contributed by atoms with Gasteiger partial charge in [-0.2, -0.15) is 4.31 Å². The molecule has 0 bridgehead atoms. The number of aromatic nitrogens is 1. The van der Waals surface area contributed by atoms with Crippen LogP contribution in [0.25, 0.3) is 0 Å². The fraction of sp³-hybridized carbons (Fsp3) is 0.524. The van der Waals surface area contributed by atoms with Gasteiger partial charge in [0.2, 0.25) is 15.9 Å². The molecule has 11 heteroatoms. The number of morpholine rings is 1. The van der Waals surface area contributed by atoms with E-state index in [0.717, 1.165) is 22.7 Å². The number of carbonyl (C=O) groups is 1. The monoisotopic (exact) mass is 482 g/mol. The van der Waals surface area contributed by atoms with Gasteiger partial charge in [-0.1, -0.05) is 11.3 Å². The van der Waals surface area contributed by atoms with Crippen molar-refractivity contribution in [2.24, 2.45) is 0 Å². The van der Waals surface area contributed by atoms with Crippen molar-refractivity contribution in [2.75, 3.05) is 49.6 Å². The Morgan fingerprint density at radius 3 is 2.50 bits per heavy atom. The molecule has 0 spiro atoms. The first-order valence-corrected chi connectivity index (χ1v) is 13.0. The lowest BCUT2D eigenvalue weighted by atomic mass is 10.2. The zero-order valence-electron chi connectivity index (χ0n) is 18.7. The van der Waals surface area contributed by atoms with Gasteiger partial charge >= 0.3 is 4.87 Å². The van der Waals surface area contributed by atoms with Gasteiger partial charge in [-0.05, 0) is 39.0 Å². The third-order valence-electron chi connectivity index (χ3n) is 5.49. The summed E-state index contributed by atoms with van der Waals surface area (Å²) in [6, 6.07) is 4.85. The Balaban J connectivity index is 1.86. The molecular formula is C21H30N4O5S2. The number of benzene rings is 1. The highest BCUT2D eigenvalue weighted by molar-refractivity contribution is 7.89. The second-order valence-electron chi connectivity index (χ2n) is 7.46. The summed E-state index contributed by atoms with van der Waals surface area (Å²) in [7, 11) is -3.70. The van der Waals surface area contributed by atoms with Crippen molar-refractivity contribution in [3.63, 3.8) is 0 Å². The van der Waals surface area contributed by atoms with Gasteiger partial charge in [0.1, 0.15) is 0 Å². The number of anilines is 2. The molecule has 0 unspecified atom stereocenters. The molecular weight excluding hydrogens is 452 g/mol. The minimum Gasteiger partial charge on any atom is -0.379 e. The van der Waals surface area contributed by atoms with E-state index in [0.29, 0.717) is 45.1 Å². The van der Waals surface area contributed by atoms with E-state index in [1.54, 1.807) is 22.1 Å². The molecule has 1 aliphatic heterocycles. The number of hydrogen-bond acceptors (Lipinski definition) is 7. The number of aryl methyl sites for hydroxylation is 1. The average Bonchev–Trinajstić information content (AvgIpc) is 3.11. The summed E-state index contributed by atoms with van der Waals surface area (Å²) < 4.78 is 34.5. The first-order chi connectivity index (χ1) is 15.3. The first-order valence-electron chi connectivity index (χ1n) is 10.7. The van der Waals surface area contributed by atoms with Crippen molar-refractivity contribution in [1.82, 2.24) is 8.87 Å². The van der Waals surface area contributed by atoms with Gasteiger partial charge in [-0.25, -0.2) is 8.42 Å². The molecule has 176 valence electrons. The van der Waals surface area contributed by atoms with Crippen LogP contribution in [0.2, 0.25) is 0 Å². The van der Waals surface area contributed by atoms with Crippen LogP contribution >= 0.6 is 11.3 Å². The van der Waals surface area contributed by atoms with Crippen LogP contribution in [0.3, 0.4) is 0 Å². The molecule has 1 aromatic carbocycles. The Bertz CT molecular complexity index is 1100. The van der Waals surface area contributed by atoms with Crippen LogP contribution in [0.4, 0.5) is 11.4 Å². The lowest BCUT2D eigenvalue weighted by molar-refractivity contribution is -0.116. The fourth-order valence-electron chi connectivity index (χ4n) is 3.65. The zero-order chi connectivity index (χ0) is 23.3. The van der Waals surface area contributed by atoms with Gasteiger partial charge in [-0.3, -0.25) is 9.59 Å². The van der Waals surface area contributed by atoms with Crippen LogP contribution in [0, 0.1) is 6.92 Å². The number of amides is 1. The molecule has 1 aromatic heterocycles. The summed E-state index contributed by atoms with van der Waals surface area (Å²) in [4.78, 5) is 26.7. The van der Waals surface area contributed by atoms with Crippen molar-refractivity contribution in [3.05, 3.63) is 38.9 Å². The maximum atomic E-state index is 13.1. The molecule has 32 heavy (non-hydrogen) atoms. The van der Waals surface area contributed by atoms with E-state index in [4.69, 9.17) is 4.74 Å². The number of nitrogens with one attached hydrogen (secondary N) is 1. The highest BCUT2D eigenvalue weighted by Crippen LogP contribution is 2.30. The minimum atomic E-state index is -3.70. The molecule has 2 heterocycles. The highest BCUT2D eigenvalue weighted by Gasteiger charge is 2.27. The molecule has 1 saturated heterocycles. The van der Waals surface area contributed by atoms with Crippen molar-refractivity contribution in [2.45, 2.75) is 38.6 Å². The molecule has 0 saturated carbocycles. The Morgan fingerprint density at radius 2 is 1.91 bits per heavy atom. The van der Waals surface area contributed by atoms with Crippen LogP contribution < -0.4 is 15.1 Å². The summed E-state index contributed by atoms with van der Waals surface area (Å²) in [5.74, 6) is -0.281. The molecule has 0 aliphatic carbocycles. The number of sulfonamides is 1. The van der Waals surface area contributed by atoms with Gasteiger partial charge in [0.05, 0.1) is 29.5 Å². The summed E-state index contributed by atoms with van der Waals surface area (Å²) in [5.41, 5.74) is 2.02. The molecule has 2 aromatic rings. The van der Waals surface area contributed by atoms with Gasteiger partial charge in [0, 0.05) is 50.2 Å². The van der Waals surface area contributed by atoms with E-state index in [-0.39, 0.29) is 28.6 Å². The first kappa shape index (κ1) is 24.4. The molecule has 1 amide bonds. The Labute approximate surface area is 192 Å². The molecule has 9 nitrogen and oxygen atoms in total. The van der Waals surface area contributed by atoms with Crippen LogP contribution in [0.5, 0.6) is 0 Å². The van der Waals surface area contributed by atoms with E-state index >= 15 is 0 Å². The molecule has 0 atom stereocenters. The number of rotatable bonds is 9. The minimum absolute atomic E-state index is 0.0993. The normalized spacial score (nSPS) is 15.0. The number of carbonyl (C=O) groups excluding carboxylic acids is 1. The molecule has 1 aliphatic rings. The van der Waals surface area contributed by atoms with Gasteiger partial charge in [0.15, 0.2) is 0 Å². The third-order valence-corrected chi connectivity index (χ3v) is 8.27. The van der Waals surface area contributed by atoms with Crippen molar-refractivity contribution >= 4 is 38.6 Å². The second-order valence-corrected chi connectivity index (χ2v) is 10.2. The number of nitrogens with zero attached hydrogens (tertiary/aromatic N) is 3. The number of hydrogen-bond donors (Lipinski definition) is 1. The zero-order valence-corrected chi connectivity index (χ0v) is 20.3. The van der Waals surface area contributed by atoms with Crippen LogP contribution in [-0.4, -0.2) is 62.6 Å². The number of ether oxygens (including phenoxy) is 1. The fourth-order valence-corrected chi connectivity index (χ4v) is 5.85. The van der Waals surface area contributed by atoms with Gasteiger partial charge < -0.3 is 19.5 Å². The summed E-state index contributed by atoms with van der Waals surface area (Å²) in [5, 5.41) is 4.64. The predicted molar refractivity (Wildman–Crippen MR) is 126 cm³/mol. The Kier molecular flexibility index (Phi) is 8.10. The van der Waals surface area contributed by atoms with Crippen LogP contribution in [-0.2, 0) is 26.1 Å². The third kappa shape index (κ3) is 5.40. The van der Waals surface area contributed by atoms with E-state index in [1.165, 1.54) is 10.4 Å². The van der Waals surface area contributed by atoms with E-state index in [1.807, 2.05) is 25.7 Å². The summed E-state index contributed by atoms with van der Waals surface area (Å²) in [6.07, 6.45) is 0.107. The van der Waals surface area contributed by atoms with E-state index in [9.17, 15) is 18.0 Å².